The molecule has 2 heterocycles. The van der Waals surface area contributed by atoms with Gasteiger partial charge < -0.3 is 20.4 Å². The monoisotopic (exact) mass is 284 g/mol. The molecular weight excluding hydrogens is 264 g/mol. The second kappa shape index (κ2) is 6.21. The number of nitrogens with one attached hydrogen (secondary N) is 1. The Labute approximate surface area is 116 Å². The minimum Gasteiger partial charge on any atom is -0.481 e. The van der Waals surface area contributed by atoms with Crippen LogP contribution in [0, 0.1) is 11.8 Å². The van der Waals surface area contributed by atoms with Gasteiger partial charge in [0.25, 0.3) is 0 Å². The van der Waals surface area contributed by atoms with Gasteiger partial charge in [0.2, 0.25) is 5.91 Å². The van der Waals surface area contributed by atoms with Crippen molar-refractivity contribution in [3.63, 3.8) is 0 Å². The van der Waals surface area contributed by atoms with E-state index in [-0.39, 0.29) is 24.9 Å². The van der Waals surface area contributed by atoms with Crippen molar-refractivity contribution in [3.8, 4) is 0 Å². The average Bonchev–Trinajstić information content (AvgIpc) is 2.90. The van der Waals surface area contributed by atoms with E-state index in [0.717, 1.165) is 19.4 Å². The number of rotatable bonds is 4. The van der Waals surface area contributed by atoms with Crippen LogP contribution in [0.3, 0.4) is 0 Å². The zero-order valence-electron chi connectivity index (χ0n) is 11.2. The van der Waals surface area contributed by atoms with Crippen LogP contribution in [-0.4, -0.2) is 58.6 Å². The molecule has 3 unspecified atom stereocenters. The molecular formula is C13H20N2O5. The maximum absolute atomic E-state index is 12.1. The molecule has 2 saturated heterocycles. The van der Waals surface area contributed by atoms with Crippen molar-refractivity contribution in [2.24, 2.45) is 11.8 Å². The summed E-state index contributed by atoms with van der Waals surface area (Å²) < 4.78 is 0. The Hall–Kier alpha value is -1.63. The molecule has 1 amide bonds. The first-order valence-corrected chi connectivity index (χ1v) is 6.96. The molecule has 0 aliphatic carbocycles. The van der Waals surface area contributed by atoms with E-state index in [2.05, 4.69) is 5.32 Å². The molecule has 0 bridgehead atoms. The normalized spacial score (nSPS) is 30.2. The molecule has 0 aromatic heterocycles. The van der Waals surface area contributed by atoms with Crippen molar-refractivity contribution >= 4 is 17.8 Å². The van der Waals surface area contributed by atoms with E-state index in [4.69, 9.17) is 10.2 Å². The lowest BCUT2D eigenvalue weighted by molar-refractivity contribution is -0.159. The summed E-state index contributed by atoms with van der Waals surface area (Å²) in [5.74, 6) is -4.24. The van der Waals surface area contributed by atoms with Crippen LogP contribution in [-0.2, 0) is 14.4 Å². The number of amides is 1. The van der Waals surface area contributed by atoms with E-state index in [1.54, 1.807) is 0 Å². The highest BCUT2D eigenvalue weighted by atomic mass is 16.4. The van der Waals surface area contributed by atoms with Gasteiger partial charge >= 0.3 is 11.9 Å². The minimum absolute atomic E-state index is 0.00213. The Morgan fingerprint density at radius 1 is 1.10 bits per heavy atom. The smallest absolute Gasteiger partial charge is 0.309 e. The fourth-order valence-electron chi connectivity index (χ4n) is 3.00. The van der Waals surface area contributed by atoms with Gasteiger partial charge in [0.05, 0.1) is 11.8 Å². The van der Waals surface area contributed by atoms with E-state index >= 15 is 0 Å². The number of carbonyl (C=O) groups excluding carboxylic acids is 1. The number of likely N-dealkylation sites (tertiary alicyclic amines) is 1. The molecule has 0 radical (unpaired) electrons. The highest BCUT2D eigenvalue weighted by Gasteiger charge is 2.40. The molecule has 0 aromatic carbocycles. The van der Waals surface area contributed by atoms with Crippen LogP contribution in [0.2, 0.25) is 0 Å². The number of carboxylic acid groups (broad SMARTS) is 2. The highest BCUT2D eigenvalue weighted by molar-refractivity contribution is 5.83. The van der Waals surface area contributed by atoms with Gasteiger partial charge in [-0.1, -0.05) is 0 Å². The van der Waals surface area contributed by atoms with Crippen LogP contribution in [0.15, 0.2) is 0 Å². The third kappa shape index (κ3) is 3.27. The summed E-state index contributed by atoms with van der Waals surface area (Å²) in [4.78, 5) is 35.9. The van der Waals surface area contributed by atoms with Gasteiger partial charge in [-0.15, -0.1) is 0 Å². The third-order valence-corrected chi connectivity index (χ3v) is 4.18. The zero-order valence-corrected chi connectivity index (χ0v) is 11.2. The number of hydrogen-bond acceptors (Lipinski definition) is 4. The van der Waals surface area contributed by atoms with Crippen molar-refractivity contribution in [3.05, 3.63) is 0 Å². The van der Waals surface area contributed by atoms with E-state index in [9.17, 15) is 14.4 Å². The SMILES string of the molecule is O=C(O)C1CCN(C(=O)CC2CCCN2)CC1C(=O)O. The molecule has 112 valence electrons. The molecule has 0 aromatic rings. The third-order valence-electron chi connectivity index (χ3n) is 4.18. The number of aliphatic carboxylic acids is 2. The van der Waals surface area contributed by atoms with E-state index in [1.807, 2.05) is 0 Å². The van der Waals surface area contributed by atoms with Gasteiger partial charge in [-0.2, -0.15) is 0 Å². The quantitative estimate of drug-likeness (QED) is 0.658. The van der Waals surface area contributed by atoms with Crippen LogP contribution in [0.25, 0.3) is 0 Å². The number of hydrogen-bond donors (Lipinski definition) is 3. The Bertz CT molecular complexity index is 406. The fourth-order valence-corrected chi connectivity index (χ4v) is 3.00. The van der Waals surface area contributed by atoms with Gasteiger partial charge in [0, 0.05) is 25.6 Å². The van der Waals surface area contributed by atoms with Crippen molar-refractivity contribution in [1.82, 2.24) is 10.2 Å². The summed E-state index contributed by atoms with van der Waals surface area (Å²) in [7, 11) is 0. The maximum atomic E-state index is 12.1. The van der Waals surface area contributed by atoms with Gasteiger partial charge in [-0.3, -0.25) is 14.4 Å². The van der Waals surface area contributed by atoms with Crippen molar-refractivity contribution in [1.29, 1.82) is 0 Å². The second-order valence-electron chi connectivity index (χ2n) is 5.52. The number of nitrogens with zero attached hydrogens (tertiary/aromatic N) is 1. The Kier molecular flexibility index (Phi) is 4.59. The molecule has 2 fully saturated rings. The standard InChI is InChI=1S/C13H20N2O5/c16-11(6-8-2-1-4-14-8)15-5-3-9(12(17)18)10(7-15)13(19)20/h8-10,14H,1-7H2,(H,17,18)(H,19,20). The van der Waals surface area contributed by atoms with Crippen LogP contribution in [0.4, 0.5) is 0 Å². The number of carboxylic acids is 2. The van der Waals surface area contributed by atoms with Crippen molar-refractivity contribution in [2.75, 3.05) is 19.6 Å². The Morgan fingerprint density at radius 3 is 2.35 bits per heavy atom. The number of piperidine rings is 1. The zero-order chi connectivity index (χ0) is 14.7. The largest absolute Gasteiger partial charge is 0.481 e. The lowest BCUT2D eigenvalue weighted by Crippen LogP contribution is -2.49. The predicted octanol–water partition coefficient (Wildman–Crippen LogP) is -0.238. The fraction of sp³-hybridized carbons (Fsp3) is 0.769. The molecule has 7 heteroatoms. The first-order valence-electron chi connectivity index (χ1n) is 6.96. The van der Waals surface area contributed by atoms with Crippen molar-refractivity contribution < 1.29 is 24.6 Å². The summed E-state index contributed by atoms with van der Waals surface area (Å²) in [6, 6.07) is 0.169. The first kappa shape index (κ1) is 14.8. The molecule has 2 rings (SSSR count). The predicted molar refractivity (Wildman–Crippen MR) is 69.1 cm³/mol. The molecule has 2 aliphatic rings. The van der Waals surface area contributed by atoms with Crippen LogP contribution in [0.5, 0.6) is 0 Å². The molecule has 7 nitrogen and oxygen atoms in total. The van der Waals surface area contributed by atoms with E-state index < -0.39 is 23.8 Å². The Balaban J connectivity index is 1.95. The number of carbonyl (C=O) groups is 3. The first-order chi connectivity index (χ1) is 9.49. The maximum Gasteiger partial charge on any atom is 0.309 e. The van der Waals surface area contributed by atoms with Crippen LogP contribution >= 0.6 is 0 Å². The Morgan fingerprint density at radius 2 is 1.80 bits per heavy atom. The van der Waals surface area contributed by atoms with Crippen LogP contribution in [0.1, 0.15) is 25.7 Å². The average molecular weight is 284 g/mol. The topological polar surface area (TPSA) is 107 Å². The van der Waals surface area contributed by atoms with Gasteiger partial charge in [-0.05, 0) is 25.8 Å². The van der Waals surface area contributed by atoms with Gasteiger partial charge in [0.15, 0.2) is 0 Å². The molecule has 0 saturated carbocycles. The lowest BCUT2D eigenvalue weighted by Gasteiger charge is -2.35. The second-order valence-corrected chi connectivity index (χ2v) is 5.52. The van der Waals surface area contributed by atoms with Gasteiger partial charge in [-0.25, -0.2) is 0 Å². The van der Waals surface area contributed by atoms with Gasteiger partial charge in [0.1, 0.15) is 0 Å². The molecule has 3 atom stereocenters. The lowest BCUT2D eigenvalue weighted by atomic mass is 9.85. The minimum atomic E-state index is -1.14. The van der Waals surface area contributed by atoms with Crippen LogP contribution < -0.4 is 5.32 Å². The highest BCUT2D eigenvalue weighted by Crippen LogP contribution is 2.25. The van der Waals surface area contributed by atoms with Crippen molar-refractivity contribution in [2.45, 2.75) is 31.7 Å². The summed E-state index contributed by atoms with van der Waals surface area (Å²) in [6.07, 6.45) is 2.58. The van der Waals surface area contributed by atoms with E-state index in [1.165, 1.54) is 4.90 Å². The molecule has 20 heavy (non-hydrogen) atoms. The van der Waals surface area contributed by atoms with E-state index in [0.29, 0.717) is 13.0 Å². The molecule has 0 spiro atoms. The summed E-state index contributed by atoms with van der Waals surface area (Å²) in [5.41, 5.74) is 0. The molecule has 3 N–H and O–H groups in total. The molecule has 2 aliphatic heterocycles. The summed E-state index contributed by atoms with van der Waals surface area (Å²) >= 11 is 0. The summed E-state index contributed by atoms with van der Waals surface area (Å²) in [6.45, 7) is 1.24. The summed E-state index contributed by atoms with van der Waals surface area (Å²) in [5, 5.41) is 21.4.